The number of benzene rings is 5. The van der Waals surface area contributed by atoms with Gasteiger partial charge in [-0.1, -0.05) is 52.0 Å². The van der Waals surface area contributed by atoms with Crippen molar-refractivity contribution in [2.24, 2.45) is 11.8 Å². The van der Waals surface area contributed by atoms with E-state index in [0.29, 0.717) is 64.6 Å². The molecule has 4 amide bonds. The number of piperazine rings is 1. The Morgan fingerprint density at radius 1 is 0.600 bits per heavy atom. The molecule has 0 aromatic heterocycles. The van der Waals surface area contributed by atoms with Gasteiger partial charge in [0.2, 0.25) is 0 Å². The number of hydrogen-bond donors (Lipinski definition) is 2. The maximum absolute atomic E-state index is 13.9. The number of hydrazine groups is 1. The fraction of sp³-hybridized carbons (Fsp3) is 0.455. The quantitative estimate of drug-likeness (QED) is 0.103. The van der Waals surface area contributed by atoms with Gasteiger partial charge in [-0.15, -0.1) is 0 Å². The summed E-state index contributed by atoms with van der Waals surface area (Å²) < 4.78 is 4.44. The van der Waals surface area contributed by atoms with Gasteiger partial charge in [-0.2, -0.15) is 0 Å². The van der Waals surface area contributed by atoms with Crippen molar-refractivity contribution in [2.45, 2.75) is 66.5 Å². The molecule has 0 spiro atoms. The number of fused-ring (bicyclic) bond motifs is 2. The molecule has 11 nitrogen and oxygen atoms in total. The average molecular weight is 751 g/mol. The van der Waals surface area contributed by atoms with Gasteiger partial charge in [-0.3, -0.25) is 24.1 Å². The number of hydrogen-bond acceptors (Lipinski definition) is 9. The molecule has 3 heterocycles. The van der Waals surface area contributed by atoms with Gasteiger partial charge in [-0.25, -0.2) is 10.0 Å². The normalized spacial score (nSPS) is 17.5. The number of aliphatic hydroxyl groups is 2. The van der Waals surface area contributed by atoms with Crippen LogP contribution in [0.25, 0.3) is 43.1 Å². The van der Waals surface area contributed by atoms with Gasteiger partial charge in [0.15, 0.2) is 0 Å². The summed E-state index contributed by atoms with van der Waals surface area (Å²) in [6.45, 7) is 15.5. The first-order valence-corrected chi connectivity index (χ1v) is 19.4. The van der Waals surface area contributed by atoms with Crippen LogP contribution in [-0.2, 0) is 4.74 Å². The van der Waals surface area contributed by atoms with Gasteiger partial charge in [0.1, 0.15) is 0 Å². The van der Waals surface area contributed by atoms with E-state index >= 15 is 0 Å². The van der Waals surface area contributed by atoms with Crippen molar-refractivity contribution < 1.29 is 34.1 Å². The third-order valence-electron chi connectivity index (χ3n) is 10.8. The standard InChI is InChI=1S/C35H32N4O4.C6H14O.C3H8O2/c1-18(2)17-19(3)38-32(40)24-9-5-20-22-7-11-26-31-27(35(43)39(34(26)42)37-15-13-36(4)14-16-37)12-8-23(29(22)31)21-6-10-25(33(38)41)30(24)28(20)21;1-5(2)4-6(3)7;1-5-3-2-4/h5-12,18-19H,13-17H2,1-4H3;5-7H,4H2,1-3H3;4H,2-3H2,1H3. The first-order valence-electron chi connectivity index (χ1n) is 19.4. The number of aliphatic hydroxyl groups excluding tert-OH is 2. The zero-order valence-electron chi connectivity index (χ0n) is 33.3. The fourth-order valence-corrected chi connectivity index (χ4v) is 8.49. The van der Waals surface area contributed by atoms with E-state index < -0.39 is 0 Å². The highest BCUT2D eigenvalue weighted by atomic mass is 16.5. The molecule has 55 heavy (non-hydrogen) atoms. The predicted octanol–water partition coefficient (Wildman–Crippen LogP) is 6.56. The SMILES string of the molecule is CC(C)CC(C)N1C(=O)c2ccc3c4ccc5c6c(ccc(c7ccc(c2c37)C1=O)c64)C(=O)N(N1CCN(C)CC1)C5=O.CC(C)CC(C)O.COCCO. The van der Waals surface area contributed by atoms with E-state index in [1.54, 1.807) is 7.11 Å². The van der Waals surface area contributed by atoms with Crippen molar-refractivity contribution in [1.82, 2.24) is 19.8 Å². The topological polar surface area (TPSA) is 131 Å². The van der Waals surface area contributed by atoms with E-state index in [9.17, 15) is 19.2 Å². The zero-order valence-corrected chi connectivity index (χ0v) is 33.3. The molecule has 0 aliphatic carbocycles. The lowest BCUT2D eigenvalue weighted by molar-refractivity contribution is -0.0218. The van der Waals surface area contributed by atoms with Crippen LogP contribution in [-0.4, -0.2) is 119 Å². The molecule has 2 atom stereocenters. The van der Waals surface area contributed by atoms with E-state index in [4.69, 9.17) is 10.2 Å². The highest BCUT2D eigenvalue weighted by Crippen LogP contribution is 2.46. The molecule has 3 aliphatic heterocycles. The maximum atomic E-state index is 13.9. The summed E-state index contributed by atoms with van der Waals surface area (Å²) >= 11 is 0. The van der Waals surface area contributed by atoms with Crippen LogP contribution in [0.3, 0.4) is 0 Å². The molecule has 3 aliphatic rings. The van der Waals surface area contributed by atoms with Gasteiger partial charge < -0.3 is 19.8 Å². The smallest absolute Gasteiger partial charge is 0.276 e. The number of likely N-dealkylation sites (N-methyl/N-ethyl adjacent to an activating group) is 1. The van der Waals surface area contributed by atoms with Crippen LogP contribution in [0, 0.1) is 11.8 Å². The van der Waals surface area contributed by atoms with Crippen molar-refractivity contribution in [2.75, 3.05) is 53.6 Å². The number of ether oxygens (including phenoxy) is 1. The van der Waals surface area contributed by atoms with Crippen molar-refractivity contribution >= 4 is 66.7 Å². The molecule has 0 bridgehead atoms. The number of carbonyl (C=O) groups is 4. The minimum atomic E-state index is -0.298. The number of nitrogens with zero attached hydrogens (tertiary/aromatic N) is 4. The molecule has 0 radical (unpaired) electrons. The molecule has 1 saturated heterocycles. The van der Waals surface area contributed by atoms with Crippen LogP contribution >= 0.6 is 0 Å². The lowest BCUT2D eigenvalue weighted by Gasteiger charge is -2.40. The number of amides is 4. The Hall–Kier alpha value is -4.52. The van der Waals surface area contributed by atoms with E-state index in [1.165, 1.54) is 9.91 Å². The first-order chi connectivity index (χ1) is 26.2. The third-order valence-corrected chi connectivity index (χ3v) is 10.8. The van der Waals surface area contributed by atoms with E-state index in [2.05, 4.69) is 37.3 Å². The summed E-state index contributed by atoms with van der Waals surface area (Å²) in [5.41, 5.74) is 2.10. The van der Waals surface area contributed by atoms with Crippen molar-refractivity contribution in [3.63, 3.8) is 0 Å². The second-order valence-electron chi connectivity index (χ2n) is 16.0. The Morgan fingerprint density at radius 3 is 1.31 bits per heavy atom. The van der Waals surface area contributed by atoms with Gasteiger partial charge >= 0.3 is 0 Å². The van der Waals surface area contributed by atoms with Gasteiger partial charge in [0, 0.05) is 61.2 Å². The summed E-state index contributed by atoms with van der Waals surface area (Å²) in [4.78, 5) is 59.0. The molecule has 5 aromatic rings. The van der Waals surface area contributed by atoms with Crippen LogP contribution < -0.4 is 0 Å². The monoisotopic (exact) mass is 750 g/mol. The third kappa shape index (κ3) is 7.32. The molecule has 8 rings (SSSR count). The zero-order chi connectivity index (χ0) is 39.9. The van der Waals surface area contributed by atoms with Gasteiger partial charge in [0.25, 0.3) is 23.6 Å². The largest absolute Gasteiger partial charge is 0.394 e. The molecule has 292 valence electrons. The first kappa shape index (κ1) is 40.2. The number of carbonyl (C=O) groups excluding carboxylic acids is 4. The maximum Gasteiger partial charge on any atom is 0.276 e. The van der Waals surface area contributed by atoms with Crippen LogP contribution in [0.5, 0.6) is 0 Å². The highest BCUT2D eigenvalue weighted by molar-refractivity contribution is 6.41. The van der Waals surface area contributed by atoms with Crippen LogP contribution in [0.2, 0.25) is 0 Å². The average Bonchev–Trinajstić information content (AvgIpc) is 3.13. The van der Waals surface area contributed by atoms with Crippen molar-refractivity contribution in [3.8, 4) is 0 Å². The molecule has 2 N–H and O–H groups in total. The summed E-state index contributed by atoms with van der Waals surface area (Å²) in [6.07, 6.45) is 1.52. The van der Waals surface area contributed by atoms with Crippen LogP contribution in [0.4, 0.5) is 0 Å². The molecule has 11 heteroatoms. The van der Waals surface area contributed by atoms with Gasteiger partial charge in [0.05, 0.1) is 30.4 Å². The lowest BCUT2D eigenvalue weighted by Crippen LogP contribution is -2.57. The molecule has 1 fully saturated rings. The van der Waals surface area contributed by atoms with E-state index in [0.717, 1.165) is 58.2 Å². The molecule has 5 aromatic carbocycles. The Morgan fingerprint density at radius 2 is 1.00 bits per heavy atom. The van der Waals surface area contributed by atoms with Gasteiger partial charge in [-0.05, 0) is 102 Å². The summed E-state index contributed by atoms with van der Waals surface area (Å²) in [6, 6.07) is 14.9. The van der Waals surface area contributed by atoms with Crippen molar-refractivity contribution in [3.05, 3.63) is 70.8 Å². The number of methoxy groups -OCH3 is 1. The summed E-state index contributed by atoms with van der Waals surface area (Å²) in [7, 11) is 3.59. The summed E-state index contributed by atoms with van der Waals surface area (Å²) in [5, 5.41) is 26.6. The molecule has 0 saturated carbocycles. The van der Waals surface area contributed by atoms with Crippen LogP contribution in [0.15, 0.2) is 48.5 Å². The number of rotatable bonds is 8. The molecular formula is C44H54N4O7. The Balaban J connectivity index is 0.000000375. The van der Waals surface area contributed by atoms with E-state index in [1.807, 2.05) is 74.4 Å². The summed E-state index contributed by atoms with van der Waals surface area (Å²) in [5.74, 6) is -0.142. The minimum Gasteiger partial charge on any atom is -0.394 e. The second-order valence-corrected chi connectivity index (χ2v) is 16.0. The minimum absolute atomic E-state index is 0.122. The van der Waals surface area contributed by atoms with Crippen LogP contribution in [0.1, 0.15) is 95.8 Å². The second kappa shape index (κ2) is 16.3. The Labute approximate surface area is 322 Å². The fourth-order valence-electron chi connectivity index (χ4n) is 8.49. The Kier molecular flexibility index (Phi) is 11.9. The van der Waals surface area contributed by atoms with Crippen molar-refractivity contribution in [1.29, 1.82) is 0 Å². The van der Waals surface area contributed by atoms with E-state index in [-0.39, 0.29) is 42.4 Å². The lowest BCUT2D eigenvalue weighted by atomic mass is 9.82. The predicted molar refractivity (Wildman–Crippen MR) is 217 cm³/mol. The number of imide groups is 2. The molecular weight excluding hydrogens is 697 g/mol. The Bertz CT molecular complexity index is 2130. The highest BCUT2D eigenvalue weighted by Gasteiger charge is 2.40. The molecule has 2 unspecified atom stereocenters.